The van der Waals surface area contributed by atoms with Crippen LogP contribution in [0.5, 0.6) is 11.5 Å². The van der Waals surface area contributed by atoms with E-state index in [1.807, 2.05) is 47.1 Å². The molecular weight excluding hydrogens is 414 g/mol. The van der Waals surface area contributed by atoms with Crippen LogP contribution in [0.2, 0.25) is 0 Å². The van der Waals surface area contributed by atoms with Crippen molar-refractivity contribution in [1.29, 1.82) is 0 Å². The molecule has 0 spiro atoms. The normalized spacial score (nSPS) is 19.4. The van der Waals surface area contributed by atoms with Gasteiger partial charge in [0.1, 0.15) is 11.5 Å². The van der Waals surface area contributed by atoms with Gasteiger partial charge in [-0.2, -0.15) is 0 Å². The summed E-state index contributed by atoms with van der Waals surface area (Å²) in [5.41, 5.74) is 6.22. The Kier molecular flexibility index (Phi) is 5.67. The molecule has 0 N–H and O–H groups in total. The Labute approximate surface area is 194 Å². The number of fused-ring (bicyclic) bond motifs is 1. The average Bonchev–Trinajstić information content (AvgIpc) is 3.25. The SMILES string of the molecule is COc1ccc2c(c1)OCC[C@@H]2N1CCC/C(=C\c2ccc(-n3cnc(C)c3)c(C)c2)C1=O. The van der Waals surface area contributed by atoms with Crippen molar-refractivity contribution in [3.63, 3.8) is 0 Å². The Balaban J connectivity index is 1.40. The van der Waals surface area contributed by atoms with Crippen LogP contribution in [0.4, 0.5) is 0 Å². The fraction of sp³-hybridized carbons (Fsp3) is 0.333. The van der Waals surface area contributed by atoms with Crippen molar-refractivity contribution >= 4 is 12.0 Å². The molecule has 1 atom stereocenters. The molecule has 2 aromatic carbocycles. The molecule has 6 nitrogen and oxygen atoms in total. The number of benzene rings is 2. The topological polar surface area (TPSA) is 56.6 Å². The van der Waals surface area contributed by atoms with Crippen molar-refractivity contribution in [3.8, 4) is 17.2 Å². The number of imidazole rings is 1. The first kappa shape index (κ1) is 21.3. The quantitative estimate of drug-likeness (QED) is 0.531. The molecule has 6 heteroatoms. The van der Waals surface area contributed by atoms with Gasteiger partial charge in [-0.3, -0.25) is 4.79 Å². The molecule has 1 saturated heterocycles. The van der Waals surface area contributed by atoms with Crippen LogP contribution in [-0.4, -0.2) is 40.6 Å². The van der Waals surface area contributed by atoms with Gasteiger partial charge in [0.25, 0.3) is 0 Å². The number of methoxy groups -OCH3 is 1. The highest BCUT2D eigenvalue weighted by Gasteiger charge is 2.33. The largest absolute Gasteiger partial charge is 0.497 e. The summed E-state index contributed by atoms with van der Waals surface area (Å²) in [6.07, 6.45) is 8.47. The van der Waals surface area contributed by atoms with E-state index in [1.165, 1.54) is 0 Å². The molecule has 1 amide bonds. The Morgan fingerprint density at radius 2 is 2.06 bits per heavy atom. The highest BCUT2D eigenvalue weighted by Crippen LogP contribution is 2.40. The zero-order valence-electron chi connectivity index (χ0n) is 19.4. The maximum atomic E-state index is 13.5. The van der Waals surface area contributed by atoms with E-state index in [2.05, 4.69) is 36.2 Å². The first-order chi connectivity index (χ1) is 16.0. The lowest BCUT2D eigenvalue weighted by Gasteiger charge is -2.38. The number of ether oxygens (including phenoxy) is 2. The van der Waals surface area contributed by atoms with E-state index in [0.29, 0.717) is 6.61 Å². The van der Waals surface area contributed by atoms with Crippen LogP contribution < -0.4 is 9.47 Å². The molecule has 0 unspecified atom stereocenters. The van der Waals surface area contributed by atoms with Crippen LogP contribution in [0.1, 0.15) is 47.7 Å². The van der Waals surface area contributed by atoms with Crippen LogP contribution in [0.15, 0.2) is 54.5 Å². The number of aryl methyl sites for hydroxylation is 2. The monoisotopic (exact) mass is 443 g/mol. The number of rotatable bonds is 4. The summed E-state index contributed by atoms with van der Waals surface area (Å²) in [4.78, 5) is 19.9. The maximum Gasteiger partial charge on any atom is 0.250 e. The van der Waals surface area contributed by atoms with Gasteiger partial charge in [0.2, 0.25) is 5.91 Å². The highest BCUT2D eigenvalue weighted by molar-refractivity contribution is 5.98. The van der Waals surface area contributed by atoms with E-state index in [0.717, 1.165) is 71.0 Å². The number of hydrogen-bond acceptors (Lipinski definition) is 4. The number of carbonyl (C=O) groups is 1. The van der Waals surface area contributed by atoms with Crippen molar-refractivity contribution < 1.29 is 14.3 Å². The second kappa shape index (κ2) is 8.77. The summed E-state index contributed by atoms with van der Waals surface area (Å²) in [5.74, 6) is 1.71. The number of piperidine rings is 1. The first-order valence-electron chi connectivity index (χ1n) is 11.5. The predicted octanol–water partition coefficient (Wildman–Crippen LogP) is 5.03. The Hall–Kier alpha value is -3.54. The van der Waals surface area contributed by atoms with Crippen molar-refractivity contribution in [2.75, 3.05) is 20.3 Å². The van der Waals surface area contributed by atoms with Gasteiger partial charge < -0.3 is 18.9 Å². The first-order valence-corrected chi connectivity index (χ1v) is 11.5. The highest BCUT2D eigenvalue weighted by atomic mass is 16.5. The van der Waals surface area contributed by atoms with Crippen molar-refractivity contribution in [2.45, 2.75) is 39.2 Å². The third-order valence-electron chi connectivity index (χ3n) is 6.54. The zero-order chi connectivity index (χ0) is 22.9. The second-order valence-corrected chi connectivity index (χ2v) is 8.80. The number of carbonyl (C=O) groups excluding carboxylic acids is 1. The summed E-state index contributed by atoms with van der Waals surface area (Å²) >= 11 is 0. The fourth-order valence-electron chi connectivity index (χ4n) is 4.88. The smallest absolute Gasteiger partial charge is 0.250 e. The van der Waals surface area contributed by atoms with Crippen LogP contribution in [-0.2, 0) is 4.79 Å². The lowest BCUT2D eigenvalue weighted by atomic mass is 9.93. The number of amides is 1. The Bertz CT molecular complexity index is 1230. The molecule has 0 saturated carbocycles. The molecule has 0 radical (unpaired) electrons. The van der Waals surface area contributed by atoms with Gasteiger partial charge in [-0.25, -0.2) is 4.98 Å². The molecule has 0 bridgehead atoms. The number of nitrogens with zero attached hydrogens (tertiary/aromatic N) is 3. The molecule has 33 heavy (non-hydrogen) atoms. The van der Waals surface area contributed by atoms with Gasteiger partial charge >= 0.3 is 0 Å². The minimum atomic E-state index is 0.0319. The van der Waals surface area contributed by atoms with Crippen LogP contribution in [0.25, 0.3) is 11.8 Å². The third-order valence-corrected chi connectivity index (χ3v) is 6.54. The molecular formula is C27H29N3O3. The molecule has 2 aliphatic heterocycles. The summed E-state index contributed by atoms with van der Waals surface area (Å²) < 4.78 is 13.2. The molecule has 3 heterocycles. The van der Waals surface area contributed by atoms with Crippen molar-refractivity contribution in [1.82, 2.24) is 14.5 Å². The van der Waals surface area contributed by atoms with Gasteiger partial charge in [0.15, 0.2) is 0 Å². The lowest BCUT2D eigenvalue weighted by molar-refractivity contribution is -0.131. The molecule has 0 aliphatic carbocycles. The fourth-order valence-corrected chi connectivity index (χ4v) is 4.88. The van der Waals surface area contributed by atoms with E-state index in [-0.39, 0.29) is 11.9 Å². The van der Waals surface area contributed by atoms with E-state index in [9.17, 15) is 4.79 Å². The molecule has 170 valence electrons. The summed E-state index contributed by atoms with van der Waals surface area (Å²) in [6.45, 7) is 5.44. The lowest BCUT2D eigenvalue weighted by Crippen LogP contribution is -2.41. The Morgan fingerprint density at radius 3 is 2.82 bits per heavy atom. The van der Waals surface area contributed by atoms with E-state index in [4.69, 9.17) is 9.47 Å². The summed E-state index contributed by atoms with van der Waals surface area (Å²) in [7, 11) is 1.65. The van der Waals surface area contributed by atoms with E-state index < -0.39 is 0 Å². The number of aromatic nitrogens is 2. The molecule has 2 aliphatic rings. The van der Waals surface area contributed by atoms with Crippen LogP contribution >= 0.6 is 0 Å². The van der Waals surface area contributed by atoms with Crippen LogP contribution in [0.3, 0.4) is 0 Å². The van der Waals surface area contributed by atoms with Gasteiger partial charge in [0, 0.05) is 42.1 Å². The minimum Gasteiger partial charge on any atom is -0.497 e. The minimum absolute atomic E-state index is 0.0319. The molecule has 3 aromatic rings. The predicted molar refractivity (Wildman–Crippen MR) is 128 cm³/mol. The third kappa shape index (κ3) is 4.13. The zero-order valence-corrected chi connectivity index (χ0v) is 19.4. The molecule has 5 rings (SSSR count). The van der Waals surface area contributed by atoms with E-state index in [1.54, 1.807) is 7.11 Å². The van der Waals surface area contributed by atoms with E-state index >= 15 is 0 Å². The Morgan fingerprint density at radius 1 is 1.18 bits per heavy atom. The van der Waals surface area contributed by atoms with Gasteiger partial charge in [-0.15, -0.1) is 0 Å². The van der Waals surface area contributed by atoms with Gasteiger partial charge in [-0.05, 0) is 68.2 Å². The van der Waals surface area contributed by atoms with Crippen molar-refractivity contribution in [3.05, 3.63) is 76.9 Å². The van der Waals surface area contributed by atoms with Crippen LogP contribution in [0, 0.1) is 13.8 Å². The van der Waals surface area contributed by atoms with Gasteiger partial charge in [0.05, 0.1) is 31.8 Å². The molecule has 1 aromatic heterocycles. The average molecular weight is 444 g/mol. The second-order valence-electron chi connectivity index (χ2n) is 8.80. The number of hydrogen-bond donors (Lipinski definition) is 0. The molecule has 1 fully saturated rings. The van der Waals surface area contributed by atoms with Crippen molar-refractivity contribution in [2.24, 2.45) is 0 Å². The summed E-state index contributed by atoms with van der Waals surface area (Å²) in [5, 5.41) is 0. The van der Waals surface area contributed by atoms with Gasteiger partial charge in [-0.1, -0.05) is 6.07 Å². The maximum absolute atomic E-state index is 13.5. The number of likely N-dealkylation sites (tertiary alicyclic amines) is 1. The standard InChI is InChI=1S/C27H29N3O3/c1-18-13-20(6-9-24(18)29-16-19(2)28-17-29)14-21-5-4-11-30(27(21)31)25-10-12-33-26-15-22(32-3)7-8-23(25)26/h6-9,13-17,25H,4-5,10-12H2,1-3H3/b21-14+/t25-/m0/s1. The summed E-state index contributed by atoms with van der Waals surface area (Å²) in [6, 6.07) is 12.2.